The standard InChI is InChI=1S/C18H25NO3/c1-3-15-7-5-6-12-19(15)18(21)13-22-16-10-8-14(9-11-16)17(20)4-2/h8-11,15H,3-7,12-13H2,1-2H3/t15-/m1/s1. The molecule has 1 fully saturated rings. The molecule has 0 aromatic heterocycles. The minimum absolute atomic E-state index is 0.0558. The van der Waals surface area contributed by atoms with Crippen molar-refractivity contribution >= 4 is 11.7 Å². The lowest BCUT2D eigenvalue weighted by molar-refractivity contribution is -0.137. The first kappa shape index (κ1) is 16.5. The maximum atomic E-state index is 12.3. The summed E-state index contributed by atoms with van der Waals surface area (Å²) in [5.41, 5.74) is 0.684. The van der Waals surface area contributed by atoms with E-state index in [1.165, 1.54) is 6.42 Å². The number of ketones is 1. The summed E-state index contributed by atoms with van der Waals surface area (Å²) >= 11 is 0. The van der Waals surface area contributed by atoms with Crippen molar-refractivity contribution in [2.24, 2.45) is 0 Å². The molecule has 1 heterocycles. The fourth-order valence-electron chi connectivity index (χ4n) is 2.92. The van der Waals surface area contributed by atoms with Crippen LogP contribution < -0.4 is 4.74 Å². The number of carbonyl (C=O) groups excluding carboxylic acids is 2. The number of carbonyl (C=O) groups is 2. The zero-order valence-corrected chi connectivity index (χ0v) is 13.5. The molecule has 4 nitrogen and oxygen atoms in total. The Hall–Kier alpha value is -1.84. The molecule has 1 aromatic carbocycles. The van der Waals surface area contributed by atoms with Gasteiger partial charge in [0.05, 0.1) is 0 Å². The van der Waals surface area contributed by atoms with Gasteiger partial charge in [0.15, 0.2) is 12.4 Å². The first-order valence-electron chi connectivity index (χ1n) is 8.21. The SMILES string of the molecule is CCC(=O)c1ccc(OCC(=O)N2CCCC[C@H]2CC)cc1. The summed E-state index contributed by atoms with van der Waals surface area (Å²) in [5, 5.41) is 0. The van der Waals surface area contributed by atoms with Gasteiger partial charge in [0.1, 0.15) is 5.75 Å². The predicted octanol–water partition coefficient (Wildman–Crippen LogP) is 3.45. The summed E-state index contributed by atoms with van der Waals surface area (Å²) in [6.07, 6.45) is 4.87. The van der Waals surface area contributed by atoms with E-state index in [9.17, 15) is 9.59 Å². The molecule has 0 N–H and O–H groups in total. The maximum Gasteiger partial charge on any atom is 0.260 e. The summed E-state index contributed by atoms with van der Waals surface area (Å²) in [5.74, 6) is 0.799. The number of nitrogens with zero attached hydrogens (tertiary/aromatic N) is 1. The van der Waals surface area contributed by atoms with Crippen molar-refractivity contribution < 1.29 is 14.3 Å². The molecule has 2 rings (SSSR count). The number of amides is 1. The Labute approximate surface area is 132 Å². The van der Waals surface area contributed by atoms with Crippen molar-refractivity contribution in [2.45, 2.75) is 52.0 Å². The summed E-state index contributed by atoms with van der Waals surface area (Å²) in [7, 11) is 0. The second-order valence-corrected chi connectivity index (χ2v) is 5.73. The number of likely N-dealkylation sites (tertiary alicyclic amines) is 1. The molecule has 0 saturated carbocycles. The van der Waals surface area contributed by atoms with Gasteiger partial charge < -0.3 is 9.64 Å². The third-order valence-corrected chi connectivity index (χ3v) is 4.28. The smallest absolute Gasteiger partial charge is 0.260 e. The van der Waals surface area contributed by atoms with Crippen molar-refractivity contribution in [1.82, 2.24) is 4.90 Å². The first-order valence-corrected chi connectivity index (χ1v) is 8.21. The lowest BCUT2D eigenvalue weighted by Gasteiger charge is -2.35. The Kier molecular flexibility index (Phi) is 5.99. The number of hydrogen-bond acceptors (Lipinski definition) is 3. The Balaban J connectivity index is 1.89. The van der Waals surface area contributed by atoms with Crippen LogP contribution in [0.2, 0.25) is 0 Å². The topological polar surface area (TPSA) is 46.6 Å². The molecule has 0 unspecified atom stereocenters. The third-order valence-electron chi connectivity index (χ3n) is 4.28. The van der Waals surface area contributed by atoms with E-state index in [2.05, 4.69) is 6.92 Å². The van der Waals surface area contributed by atoms with Crippen LogP contribution in [0.4, 0.5) is 0 Å². The highest BCUT2D eigenvalue weighted by Gasteiger charge is 2.25. The molecule has 4 heteroatoms. The van der Waals surface area contributed by atoms with E-state index in [0.29, 0.717) is 23.8 Å². The summed E-state index contributed by atoms with van der Waals surface area (Å²) < 4.78 is 5.58. The Morgan fingerprint density at radius 1 is 1.18 bits per heavy atom. The predicted molar refractivity (Wildman–Crippen MR) is 86.2 cm³/mol. The van der Waals surface area contributed by atoms with Crippen LogP contribution in [0.1, 0.15) is 56.3 Å². The number of rotatable bonds is 6. The Morgan fingerprint density at radius 3 is 2.55 bits per heavy atom. The molecule has 1 aliphatic heterocycles. The molecular formula is C18H25NO3. The summed E-state index contributed by atoms with van der Waals surface area (Å²) in [4.78, 5) is 25.8. The molecule has 1 amide bonds. The third kappa shape index (κ3) is 4.09. The van der Waals surface area contributed by atoms with Crippen LogP contribution in [0.25, 0.3) is 0 Å². The lowest BCUT2D eigenvalue weighted by Crippen LogP contribution is -2.45. The number of ether oxygens (including phenoxy) is 1. The molecule has 0 bridgehead atoms. The molecule has 0 spiro atoms. The molecular weight excluding hydrogens is 278 g/mol. The van der Waals surface area contributed by atoms with E-state index < -0.39 is 0 Å². The van der Waals surface area contributed by atoms with Crippen molar-refractivity contribution in [3.63, 3.8) is 0 Å². The van der Waals surface area contributed by atoms with Crippen LogP contribution >= 0.6 is 0 Å². The van der Waals surface area contributed by atoms with E-state index >= 15 is 0 Å². The van der Waals surface area contributed by atoms with Crippen molar-refractivity contribution in [1.29, 1.82) is 0 Å². The van der Waals surface area contributed by atoms with E-state index in [1.54, 1.807) is 24.3 Å². The molecule has 22 heavy (non-hydrogen) atoms. The normalized spacial score (nSPS) is 18.1. The monoisotopic (exact) mass is 303 g/mol. The number of Topliss-reactive ketones (excluding diaryl/α,β-unsaturated/α-hetero) is 1. The van der Waals surface area contributed by atoms with Crippen LogP contribution in [-0.4, -0.2) is 35.8 Å². The minimum Gasteiger partial charge on any atom is -0.484 e. The summed E-state index contributed by atoms with van der Waals surface area (Å²) in [6.45, 7) is 4.87. The number of piperidine rings is 1. The van der Waals surface area contributed by atoms with E-state index in [-0.39, 0.29) is 18.3 Å². The van der Waals surface area contributed by atoms with Crippen molar-refractivity contribution in [2.75, 3.05) is 13.2 Å². The Bertz CT molecular complexity index is 510. The van der Waals surface area contributed by atoms with Crippen LogP contribution in [0.15, 0.2) is 24.3 Å². The maximum absolute atomic E-state index is 12.3. The second-order valence-electron chi connectivity index (χ2n) is 5.73. The van der Waals surface area contributed by atoms with Gasteiger partial charge in [-0.05, 0) is 49.9 Å². The highest BCUT2D eigenvalue weighted by molar-refractivity contribution is 5.95. The molecule has 0 radical (unpaired) electrons. The molecule has 1 aromatic rings. The van der Waals surface area contributed by atoms with E-state index in [4.69, 9.17) is 4.74 Å². The molecule has 120 valence electrons. The quantitative estimate of drug-likeness (QED) is 0.756. The molecule has 0 aliphatic carbocycles. The Morgan fingerprint density at radius 2 is 1.91 bits per heavy atom. The number of benzene rings is 1. The van der Waals surface area contributed by atoms with Gasteiger partial charge in [0.25, 0.3) is 5.91 Å². The average molecular weight is 303 g/mol. The van der Waals surface area contributed by atoms with E-state index in [0.717, 1.165) is 25.8 Å². The van der Waals surface area contributed by atoms with Gasteiger partial charge in [-0.1, -0.05) is 13.8 Å². The highest BCUT2D eigenvalue weighted by atomic mass is 16.5. The van der Waals surface area contributed by atoms with Gasteiger partial charge in [-0.2, -0.15) is 0 Å². The van der Waals surface area contributed by atoms with Gasteiger partial charge in [-0.15, -0.1) is 0 Å². The van der Waals surface area contributed by atoms with E-state index in [1.807, 2.05) is 11.8 Å². The van der Waals surface area contributed by atoms with Gasteiger partial charge in [0.2, 0.25) is 0 Å². The fraction of sp³-hybridized carbons (Fsp3) is 0.556. The zero-order chi connectivity index (χ0) is 15.9. The fourth-order valence-corrected chi connectivity index (χ4v) is 2.92. The second kappa shape index (κ2) is 7.97. The van der Waals surface area contributed by atoms with Crippen molar-refractivity contribution in [3.8, 4) is 5.75 Å². The largest absolute Gasteiger partial charge is 0.484 e. The molecule has 1 aliphatic rings. The van der Waals surface area contributed by atoms with Gasteiger partial charge in [0, 0.05) is 24.6 Å². The van der Waals surface area contributed by atoms with Crippen LogP contribution in [-0.2, 0) is 4.79 Å². The van der Waals surface area contributed by atoms with Gasteiger partial charge in [-0.3, -0.25) is 9.59 Å². The zero-order valence-electron chi connectivity index (χ0n) is 13.5. The number of hydrogen-bond donors (Lipinski definition) is 0. The van der Waals surface area contributed by atoms with Crippen LogP contribution in [0, 0.1) is 0 Å². The van der Waals surface area contributed by atoms with Crippen molar-refractivity contribution in [3.05, 3.63) is 29.8 Å². The first-order chi connectivity index (χ1) is 10.7. The minimum atomic E-state index is 0.0558. The lowest BCUT2D eigenvalue weighted by atomic mass is 10.00. The summed E-state index contributed by atoms with van der Waals surface area (Å²) in [6, 6.07) is 7.37. The molecule has 1 saturated heterocycles. The van der Waals surface area contributed by atoms with Gasteiger partial charge >= 0.3 is 0 Å². The molecule has 1 atom stereocenters. The van der Waals surface area contributed by atoms with Gasteiger partial charge in [-0.25, -0.2) is 0 Å². The highest BCUT2D eigenvalue weighted by Crippen LogP contribution is 2.20. The van der Waals surface area contributed by atoms with Crippen LogP contribution in [0.3, 0.4) is 0 Å². The van der Waals surface area contributed by atoms with Crippen LogP contribution in [0.5, 0.6) is 5.75 Å². The average Bonchev–Trinajstić information content (AvgIpc) is 2.59.